The van der Waals surface area contributed by atoms with Gasteiger partial charge in [-0.05, 0) is 84.9 Å². The molecule has 2 heterocycles. The Morgan fingerprint density at radius 1 is 0.838 bits per heavy atom. The Morgan fingerprint density at radius 2 is 1.51 bits per heavy atom. The van der Waals surface area contributed by atoms with Gasteiger partial charge in [0.1, 0.15) is 11.5 Å². The van der Waals surface area contributed by atoms with Gasteiger partial charge in [-0.3, -0.25) is 9.59 Å². The van der Waals surface area contributed by atoms with Crippen molar-refractivity contribution in [3.05, 3.63) is 101 Å². The van der Waals surface area contributed by atoms with E-state index < -0.39 is 0 Å². The summed E-state index contributed by atoms with van der Waals surface area (Å²) in [6.45, 7) is 2.73. The molecule has 1 aromatic heterocycles. The number of anilines is 2. The highest BCUT2D eigenvalue weighted by molar-refractivity contribution is 6.30. The van der Waals surface area contributed by atoms with Crippen LogP contribution in [0, 0.1) is 0 Å². The summed E-state index contributed by atoms with van der Waals surface area (Å²) < 4.78 is 10.9. The van der Waals surface area contributed by atoms with Crippen molar-refractivity contribution < 1.29 is 18.7 Å². The van der Waals surface area contributed by atoms with Gasteiger partial charge in [-0.1, -0.05) is 11.6 Å². The Labute approximate surface area is 220 Å². The Bertz CT molecular complexity index is 1370. The first-order valence-corrected chi connectivity index (χ1v) is 12.3. The van der Waals surface area contributed by atoms with Crippen molar-refractivity contribution in [1.29, 1.82) is 0 Å². The van der Waals surface area contributed by atoms with Crippen LogP contribution in [0.4, 0.5) is 11.4 Å². The zero-order valence-corrected chi connectivity index (χ0v) is 21.1. The van der Waals surface area contributed by atoms with E-state index in [-0.39, 0.29) is 17.6 Å². The molecule has 1 aliphatic rings. The molecule has 2 amide bonds. The zero-order chi connectivity index (χ0) is 25.8. The normalized spacial score (nSPS) is 13.4. The molecule has 37 heavy (non-hydrogen) atoms. The van der Waals surface area contributed by atoms with Crippen LogP contribution >= 0.6 is 11.6 Å². The molecular weight excluding hydrogens is 490 g/mol. The molecule has 0 spiro atoms. The van der Waals surface area contributed by atoms with Crippen LogP contribution in [-0.2, 0) is 0 Å². The second-order valence-electron chi connectivity index (χ2n) is 8.68. The van der Waals surface area contributed by atoms with Gasteiger partial charge in [-0.2, -0.15) is 0 Å². The zero-order valence-electron chi connectivity index (χ0n) is 20.3. The molecule has 7 nitrogen and oxygen atoms in total. The minimum absolute atomic E-state index is 0.0255. The summed E-state index contributed by atoms with van der Waals surface area (Å²) in [4.78, 5) is 29.6. The number of benzene rings is 3. The average molecular weight is 516 g/mol. The van der Waals surface area contributed by atoms with Gasteiger partial charge in [0.15, 0.2) is 5.76 Å². The molecule has 0 unspecified atom stereocenters. The van der Waals surface area contributed by atoms with Gasteiger partial charge in [-0.25, -0.2) is 0 Å². The Morgan fingerprint density at radius 3 is 2.16 bits per heavy atom. The highest BCUT2D eigenvalue weighted by Crippen LogP contribution is 2.25. The quantitative estimate of drug-likeness (QED) is 0.350. The SMILES string of the molecule is COc1ccc(C(=O)N2CCN(c3ccc(NC(=O)c4ccc(-c5ccc(Cl)cc5)o4)cc3)CC2)cc1. The van der Waals surface area contributed by atoms with E-state index in [0.717, 1.165) is 30.1 Å². The van der Waals surface area contributed by atoms with E-state index >= 15 is 0 Å². The summed E-state index contributed by atoms with van der Waals surface area (Å²) in [6, 6.07) is 25.5. The molecular formula is C29H26ClN3O4. The van der Waals surface area contributed by atoms with Gasteiger partial charge < -0.3 is 24.3 Å². The maximum absolute atomic E-state index is 12.8. The van der Waals surface area contributed by atoms with E-state index in [4.69, 9.17) is 20.8 Å². The molecule has 1 saturated heterocycles. The number of nitrogens with zero attached hydrogens (tertiary/aromatic N) is 2. The van der Waals surface area contributed by atoms with Crippen LogP contribution in [0.25, 0.3) is 11.3 Å². The Balaban J connectivity index is 1.15. The van der Waals surface area contributed by atoms with Crippen molar-refractivity contribution in [2.75, 3.05) is 43.5 Å². The fraction of sp³-hybridized carbons (Fsp3) is 0.172. The van der Waals surface area contributed by atoms with Gasteiger partial charge in [-0.15, -0.1) is 0 Å². The Kier molecular flexibility index (Phi) is 7.14. The van der Waals surface area contributed by atoms with Gasteiger partial charge in [0.25, 0.3) is 11.8 Å². The second kappa shape index (κ2) is 10.8. The molecule has 0 bridgehead atoms. The summed E-state index contributed by atoms with van der Waals surface area (Å²) in [5, 5.41) is 3.52. The molecule has 0 radical (unpaired) electrons. The lowest BCUT2D eigenvalue weighted by Crippen LogP contribution is -2.48. The van der Waals surface area contributed by atoms with Crippen LogP contribution in [0.5, 0.6) is 5.75 Å². The van der Waals surface area contributed by atoms with Gasteiger partial charge in [0, 0.05) is 53.7 Å². The number of hydrogen-bond donors (Lipinski definition) is 1. The van der Waals surface area contributed by atoms with Crippen molar-refractivity contribution in [2.45, 2.75) is 0 Å². The third kappa shape index (κ3) is 5.62. The third-order valence-electron chi connectivity index (χ3n) is 6.35. The summed E-state index contributed by atoms with van der Waals surface area (Å²) in [6.07, 6.45) is 0. The first-order chi connectivity index (χ1) is 18.0. The summed E-state index contributed by atoms with van der Waals surface area (Å²) in [5.74, 6) is 1.26. The molecule has 0 atom stereocenters. The standard InChI is InChI=1S/C29H26ClN3O4/c1-36-25-12-4-21(5-13-25)29(35)33-18-16-32(17-19-33)24-10-8-23(9-11-24)31-28(34)27-15-14-26(37-27)20-2-6-22(30)7-3-20/h2-15H,16-19H2,1H3,(H,31,34). The van der Waals surface area contributed by atoms with E-state index in [2.05, 4.69) is 10.2 Å². The molecule has 1 aliphatic heterocycles. The molecule has 188 valence electrons. The highest BCUT2D eigenvalue weighted by Gasteiger charge is 2.22. The molecule has 0 aliphatic carbocycles. The maximum atomic E-state index is 12.8. The average Bonchev–Trinajstić information content (AvgIpc) is 3.44. The Hall–Kier alpha value is -4.23. The number of halogens is 1. The van der Waals surface area contributed by atoms with Crippen LogP contribution in [0.2, 0.25) is 5.02 Å². The molecule has 4 aromatic rings. The third-order valence-corrected chi connectivity index (χ3v) is 6.60. The van der Waals surface area contributed by atoms with Gasteiger partial charge in [0.05, 0.1) is 7.11 Å². The van der Waals surface area contributed by atoms with Gasteiger partial charge >= 0.3 is 0 Å². The van der Waals surface area contributed by atoms with Crippen LogP contribution in [0.3, 0.4) is 0 Å². The summed E-state index contributed by atoms with van der Waals surface area (Å²) >= 11 is 5.94. The highest BCUT2D eigenvalue weighted by atomic mass is 35.5. The van der Waals surface area contributed by atoms with E-state index in [1.165, 1.54) is 0 Å². The molecule has 1 fully saturated rings. The number of ether oxygens (including phenoxy) is 1. The van der Waals surface area contributed by atoms with Crippen LogP contribution < -0.4 is 15.0 Å². The molecule has 8 heteroatoms. The van der Waals surface area contributed by atoms with Gasteiger partial charge in [0.2, 0.25) is 0 Å². The lowest BCUT2D eigenvalue weighted by molar-refractivity contribution is 0.0746. The predicted molar refractivity (Wildman–Crippen MR) is 145 cm³/mol. The largest absolute Gasteiger partial charge is 0.497 e. The second-order valence-corrected chi connectivity index (χ2v) is 9.12. The van der Waals surface area contributed by atoms with Crippen LogP contribution in [-0.4, -0.2) is 50.0 Å². The lowest BCUT2D eigenvalue weighted by atomic mass is 10.1. The van der Waals surface area contributed by atoms with Crippen LogP contribution in [0.15, 0.2) is 89.3 Å². The number of nitrogens with one attached hydrogen (secondary N) is 1. The first-order valence-electron chi connectivity index (χ1n) is 12.0. The lowest BCUT2D eigenvalue weighted by Gasteiger charge is -2.36. The van der Waals surface area contributed by atoms with Crippen LogP contribution in [0.1, 0.15) is 20.9 Å². The van der Waals surface area contributed by atoms with Crippen molar-refractivity contribution in [3.63, 3.8) is 0 Å². The molecule has 0 saturated carbocycles. The number of methoxy groups -OCH3 is 1. The minimum atomic E-state index is -0.321. The van der Waals surface area contributed by atoms with Crippen molar-refractivity contribution in [3.8, 4) is 17.1 Å². The monoisotopic (exact) mass is 515 g/mol. The molecule has 1 N–H and O–H groups in total. The number of amides is 2. The topological polar surface area (TPSA) is 75.0 Å². The first kappa shape index (κ1) is 24.5. The summed E-state index contributed by atoms with van der Waals surface area (Å²) in [7, 11) is 1.61. The number of carbonyl (C=O) groups excluding carboxylic acids is 2. The summed E-state index contributed by atoms with van der Waals surface area (Å²) in [5.41, 5.74) is 3.22. The number of furan rings is 1. The van der Waals surface area contributed by atoms with E-state index in [9.17, 15) is 9.59 Å². The smallest absolute Gasteiger partial charge is 0.291 e. The molecule has 5 rings (SSSR count). The fourth-order valence-electron chi connectivity index (χ4n) is 4.26. The van der Waals surface area contributed by atoms with E-state index in [0.29, 0.717) is 35.1 Å². The van der Waals surface area contributed by atoms with Crippen molar-refractivity contribution in [2.24, 2.45) is 0 Å². The predicted octanol–water partition coefficient (Wildman–Crippen LogP) is 5.82. The maximum Gasteiger partial charge on any atom is 0.291 e. The number of rotatable bonds is 6. The fourth-order valence-corrected chi connectivity index (χ4v) is 4.39. The molecule has 3 aromatic carbocycles. The number of piperazine rings is 1. The minimum Gasteiger partial charge on any atom is -0.497 e. The van der Waals surface area contributed by atoms with E-state index in [1.807, 2.05) is 41.3 Å². The van der Waals surface area contributed by atoms with Crippen molar-refractivity contribution in [1.82, 2.24) is 4.90 Å². The van der Waals surface area contributed by atoms with E-state index in [1.54, 1.807) is 55.6 Å². The number of carbonyl (C=O) groups is 2. The van der Waals surface area contributed by atoms with Crippen molar-refractivity contribution >= 4 is 34.8 Å². The number of hydrogen-bond acceptors (Lipinski definition) is 5.